The molecule has 1 aromatic heterocycles. The van der Waals surface area contributed by atoms with Gasteiger partial charge >= 0.3 is 0 Å². The first-order valence-corrected chi connectivity index (χ1v) is 5.53. The second kappa shape index (κ2) is 4.53. The van der Waals surface area contributed by atoms with E-state index < -0.39 is 0 Å². The first-order valence-electron chi connectivity index (χ1n) is 4.40. The zero-order valence-corrected chi connectivity index (χ0v) is 10.5. The molecule has 16 heavy (non-hydrogen) atoms. The van der Waals surface area contributed by atoms with Crippen LogP contribution in [0.4, 0.5) is 0 Å². The Hall–Kier alpha value is -0.900. The van der Waals surface area contributed by atoms with Crippen molar-refractivity contribution in [1.82, 2.24) is 15.4 Å². The molecule has 82 valence electrons. The van der Waals surface area contributed by atoms with Gasteiger partial charge in [-0.15, -0.1) is 10.2 Å². The van der Waals surface area contributed by atoms with Crippen LogP contribution < -0.4 is 0 Å². The molecule has 3 nitrogen and oxygen atoms in total. The van der Waals surface area contributed by atoms with Gasteiger partial charge in [0.15, 0.2) is 0 Å². The van der Waals surface area contributed by atoms with Gasteiger partial charge in [-0.2, -0.15) is 0 Å². The van der Waals surface area contributed by atoms with Crippen molar-refractivity contribution in [1.29, 1.82) is 0 Å². The highest BCUT2D eigenvalue weighted by molar-refractivity contribution is 6.49. The van der Waals surface area contributed by atoms with Crippen LogP contribution in [0.1, 0.15) is 5.56 Å². The van der Waals surface area contributed by atoms with Gasteiger partial charge in [0.05, 0.1) is 21.3 Å². The van der Waals surface area contributed by atoms with Crippen molar-refractivity contribution in [2.45, 2.75) is 6.92 Å². The van der Waals surface area contributed by atoms with Gasteiger partial charge in [-0.25, -0.2) is 0 Å². The zero-order chi connectivity index (χ0) is 11.7. The van der Waals surface area contributed by atoms with E-state index in [2.05, 4.69) is 15.4 Å². The Labute approximate surface area is 107 Å². The Morgan fingerprint density at radius 2 is 1.81 bits per heavy atom. The number of hydrogen-bond donors (Lipinski definition) is 0. The van der Waals surface area contributed by atoms with Crippen molar-refractivity contribution in [3.8, 4) is 11.3 Å². The average molecular weight is 275 g/mol. The monoisotopic (exact) mass is 273 g/mol. The molecule has 6 heteroatoms. The minimum Gasteiger partial charge on any atom is -0.138 e. The van der Waals surface area contributed by atoms with Crippen LogP contribution in [0.25, 0.3) is 11.3 Å². The summed E-state index contributed by atoms with van der Waals surface area (Å²) in [7, 11) is 0. The molecule has 0 aliphatic rings. The van der Waals surface area contributed by atoms with Gasteiger partial charge in [-0.1, -0.05) is 34.8 Å². The van der Waals surface area contributed by atoms with E-state index in [-0.39, 0.29) is 0 Å². The molecule has 0 bridgehead atoms. The Kier molecular flexibility index (Phi) is 3.28. The van der Waals surface area contributed by atoms with Gasteiger partial charge in [0, 0.05) is 5.56 Å². The fraction of sp³-hybridized carbons (Fsp3) is 0.100. The smallest absolute Gasteiger partial charge is 0.101 e. The Morgan fingerprint density at radius 1 is 1.06 bits per heavy atom. The maximum Gasteiger partial charge on any atom is 0.101 e. The number of aromatic nitrogens is 3. The molecule has 1 aromatic carbocycles. The lowest BCUT2D eigenvalue weighted by atomic mass is 10.1. The lowest BCUT2D eigenvalue weighted by molar-refractivity contribution is 0.860. The van der Waals surface area contributed by atoms with E-state index in [1.807, 2.05) is 6.92 Å². The van der Waals surface area contributed by atoms with Crippen LogP contribution in [0.15, 0.2) is 18.3 Å². The van der Waals surface area contributed by atoms with Gasteiger partial charge in [-0.05, 0) is 29.8 Å². The Bertz CT molecular complexity index is 543. The maximum atomic E-state index is 6.10. The van der Waals surface area contributed by atoms with E-state index in [1.54, 1.807) is 18.3 Å². The average Bonchev–Trinajstić information content (AvgIpc) is 2.28. The summed E-state index contributed by atoms with van der Waals surface area (Å²) in [6, 6.07) is 3.43. The minimum atomic E-state index is 0.318. The molecule has 0 amide bonds. The van der Waals surface area contributed by atoms with Crippen LogP contribution in [0.2, 0.25) is 15.1 Å². The summed E-state index contributed by atoms with van der Waals surface area (Å²) in [5, 5.41) is 12.3. The zero-order valence-electron chi connectivity index (χ0n) is 8.21. The second-order valence-electron chi connectivity index (χ2n) is 3.19. The predicted molar refractivity (Wildman–Crippen MR) is 65.0 cm³/mol. The van der Waals surface area contributed by atoms with Gasteiger partial charge in [0.2, 0.25) is 0 Å². The summed E-state index contributed by atoms with van der Waals surface area (Å²) in [5.41, 5.74) is 2.22. The maximum absolute atomic E-state index is 6.10. The van der Waals surface area contributed by atoms with Crippen LogP contribution in [0.3, 0.4) is 0 Å². The molecule has 2 rings (SSSR count). The first-order chi connectivity index (χ1) is 7.61. The van der Waals surface area contributed by atoms with E-state index in [4.69, 9.17) is 34.8 Å². The number of halogens is 3. The molecule has 2 aromatic rings. The summed E-state index contributed by atoms with van der Waals surface area (Å²) in [5.74, 6) is 0. The summed E-state index contributed by atoms with van der Waals surface area (Å²) in [6.45, 7) is 1.87. The minimum absolute atomic E-state index is 0.318. The molecule has 0 N–H and O–H groups in total. The lowest BCUT2D eigenvalue weighted by Gasteiger charge is -2.07. The number of hydrogen-bond acceptors (Lipinski definition) is 3. The van der Waals surface area contributed by atoms with E-state index in [1.165, 1.54) is 0 Å². The lowest BCUT2D eigenvalue weighted by Crippen LogP contribution is -1.94. The van der Waals surface area contributed by atoms with Gasteiger partial charge in [-0.3, -0.25) is 0 Å². The van der Waals surface area contributed by atoms with E-state index in [0.29, 0.717) is 26.3 Å². The van der Waals surface area contributed by atoms with Crippen molar-refractivity contribution in [3.63, 3.8) is 0 Å². The molecule has 0 saturated carbocycles. The Balaban J connectivity index is 2.66. The van der Waals surface area contributed by atoms with Gasteiger partial charge in [0.1, 0.15) is 5.69 Å². The summed E-state index contributed by atoms with van der Waals surface area (Å²) < 4.78 is 0. The molecule has 0 radical (unpaired) electrons. The van der Waals surface area contributed by atoms with Crippen molar-refractivity contribution < 1.29 is 0 Å². The molecular formula is C10H6Cl3N3. The standard InChI is InChI=1S/C10H6Cl3N3/c1-5-4-14-16-15-10(5)6-2-3-7(11)9(13)8(6)12/h2-4H,1H3. The molecule has 1 heterocycles. The highest BCUT2D eigenvalue weighted by Gasteiger charge is 2.13. The van der Waals surface area contributed by atoms with Crippen molar-refractivity contribution in [2.24, 2.45) is 0 Å². The number of benzene rings is 1. The van der Waals surface area contributed by atoms with Crippen molar-refractivity contribution in [3.05, 3.63) is 39.0 Å². The number of rotatable bonds is 1. The van der Waals surface area contributed by atoms with Crippen molar-refractivity contribution in [2.75, 3.05) is 0 Å². The summed E-state index contributed by atoms with van der Waals surface area (Å²) >= 11 is 17.9. The predicted octanol–water partition coefficient (Wildman–Crippen LogP) is 3.81. The summed E-state index contributed by atoms with van der Waals surface area (Å²) in [4.78, 5) is 0. The van der Waals surface area contributed by atoms with E-state index in [9.17, 15) is 0 Å². The third kappa shape index (κ3) is 1.98. The summed E-state index contributed by atoms with van der Waals surface area (Å²) in [6.07, 6.45) is 1.61. The molecule has 0 spiro atoms. The SMILES string of the molecule is Cc1cnnnc1-c1ccc(Cl)c(Cl)c1Cl. The topological polar surface area (TPSA) is 38.7 Å². The van der Waals surface area contributed by atoms with Crippen LogP contribution in [-0.4, -0.2) is 15.4 Å². The van der Waals surface area contributed by atoms with E-state index >= 15 is 0 Å². The normalized spacial score (nSPS) is 10.5. The molecule has 0 atom stereocenters. The molecule has 0 aliphatic heterocycles. The molecule has 0 unspecified atom stereocenters. The molecule has 0 aliphatic carbocycles. The second-order valence-corrected chi connectivity index (χ2v) is 4.35. The van der Waals surface area contributed by atoms with Gasteiger partial charge in [0.25, 0.3) is 0 Å². The third-order valence-corrected chi connectivity index (χ3v) is 3.41. The highest BCUT2D eigenvalue weighted by atomic mass is 35.5. The van der Waals surface area contributed by atoms with E-state index in [0.717, 1.165) is 5.56 Å². The fourth-order valence-corrected chi connectivity index (χ4v) is 1.92. The fourth-order valence-electron chi connectivity index (χ4n) is 1.30. The quantitative estimate of drug-likeness (QED) is 0.742. The van der Waals surface area contributed by atoms with Crippen LogP contribution in [-0.2, 0) is 0 Å². The molecule has 0 saturated heterocycles. The molecule has 0 fully saturated rings. The van der Waals surface area contributed by atoms with Crippen LogP contribution in [0, 0.1) is 6.92 Å². The van der Waals surface area contributed by atoms with Crippen molar-refractivity contribution >= 4 is 34.8 Å². The number of nitrogens with zero attached hydrogens (tertiary/aromatic N) is 3. The van der Waals surface area contributed by atoms with Crippen LogP contribution in [0.5, 0.6) is 0 Å². The number of aryl methyl sites for hydroxylation is 1. The molecular weight excluding hydrogens is 268 g/mol. The Morgan fingerprint density at radius 3 is 2.50 bits per heavy atom. The largest absolute Gasteiger partial charge is 0.138 e. The first kappa shape index (κ1) is 11.6. The van der Waals surface area contributed by atoms with Gasteiger partial charge < -0.3 is 0 Å². The van der Waals surface area contributed by atoms with Crippen LogP contribution >= 0.6 is 34.8 Å². The third-order valence-electron chi connectivity index (χ3n) is 2.11. The highest BCUT2D eigenvalue weighted by Crippen LogP contribution is 2.37.